The molecule has 100 valence electrons. The quantitative estimate of drug-likeness (QED) is 0.737. The molecule has 1 aliphatic heterocycles. The molecule has 0 aromatic carbocycles. The minimum Gasteiger partial charge on any atom is -0.352 e. The molecule has 0 spiro atoms. The Morgan fingerprint density at radius 3 is 3.11 bits per heavy atom. The van der Waals surface area contributed by atoms with Crippen LogP contribution in [0.1, 0.15) is 43.4 Å². The summed E-state index contributed by atoms with van der Waals surface area (Å²) in [6.07, 6.45) is 7.06. The van der Waals surface area contributed by atoms with E-state index in [1.165, 1.54) is 19.3 Å². The highest BCUT2D eigenvalue weighted by Gasteiger charge is 2.14. The lowest BCUT2D eigenvalue weighted by Crippen LogP contribution is -2.35. The van der Waals surface area contributed by atoms with Crippen LogP contribution < -0.4 is 10.6 Å². The number of carbonyl (C=O) groups is 1. The molecule has 1 unspecified atom stereocenters. The first-order chi connectivity index (χ1) is 8.75. The largest absolute Gasteiger partial charge is 0.352 e. The average molecular weight is 250 g/mol. The van der Waals surface area contributed by atoms with Gasteiger partial charge in [0.1, 0.15) is 0 Å². The number of aryl methyl sites for hydroxylation is 1. The van der Waals surface area contributed by atoms with Gasteiger partial charge in [-0.15, -0.1) is 0 Å². The van der Waals surface area contributed by atoms with E-state index in [0.717, 1.165) is 24.2 Å². The number of nitrogens with one attached hydrogen (secondary N) is 3. The Kier molecular flexibility index (Phi) is 4.75. The highest BCUT2D eigenvalue weighted by atomic mass is 16.1. The van der Waals surface area contributed by atoms with Crippen LogP contribution in [0.4, 0.5) is 0 Å². The molecule has 1 aromatic rings. The van der Waals surface area contributed by atoms with Crippen molar-refractivity contribution in [2.45, 2.75) is 51.6 Å². The second kappa shape index (κ2) is 6.54. The minimum atomic E-state index is 0.128. The van der Waals surface area contributed by atoms with Gasteiger partial charge >= 0.3 is 0 Å². The number of aromatic nitrogens is 2. The molecule has 18 heavy (non-hydrogen) atoms. The molecule has 5 heteroatoms. The van der Waals surface area contributed by atoms with E-state index in [0.29, 0.717) is 19.0 Å². The van der Waals surface area contributed by atoms with Gasteiger partial charge in [-0.1, -0.05) is 6.42 Å². The summed E-state index contributed by atoms with van der Waals surface area (Å²) < 4.78 is 0. The molecular formula is C13H22N4O. The van der Waals surface area contributed by atoms with Crippen LogP contribution in [0.15, 0.2) is 6.20 Å². The summed E-state index contributed by atoms with van der Waals surface area (Å²) in [7, 11) is 0. The second-order valence-electron chi connectivity index (χ2n) is 4.98. The van der Waals surface area contributed by atoms with E-state index in [4.69, 9.17) is 0 Å². The van der Waals surface area contributed by atoms with Crippen molar-refractivity contribution in [3.8, 4) is 0 Å². The van der Waals surface area contributed by atoms with Gasteiger partial charge in [0, 0.05) is 30.3 Å². The van der Waals surface area contributed by atoms with Gasteiger partial charge in [0.05, 0.1) is 6.20 Å². The van der Waals surface area contributed by atoms with Crippen molar-refractivity contribution in [2.75, 3.05) is 6.54 Å². The molecule has 1 amide bonds. The Morgan fingerprint density at radius 2 is 2.44 bits per heavy atom. The van der Waals surface area contributed by atoms with Crippen molar-refractivity contribution in [3.05, 3.63) is 17.5 Å². The monoisotopic (exact) mass is 250 g/mol. The van der Waals surface area contributed by atoms with E-state index < -0.39 is 0 Å². The summed E-state index contributed by atoms with van der Waals surface area (Å²) in [6.45, 7) is 3.63. The molecule has 1 atom stereocenters. The Morgan fingerprint density at radius 1 is 1.56 bits per heavy atom. The van der Waals surface area contributed by atoms with Crippen molar-refractivity contribution >= 4 is 5.91 Å². The SMILES string of the molecule is Cc1[nH]ncc1CNC(=O)CCC1CCCCN1. The fourth-order valence-corrected chi connectivity index (χ4v) is 2.31. The van der Waals surface area contributed by atoms with Crippen LogP contribution in [0.25, 0.3) is 0 Å². The summed E-state index contributed by atoms with van der Waals surface area (Å²) in [6, 6.07) is 0.528. The summed E-state index contributed by atoms with van der Waals surface area (Å²) in [5, 5.41) is 13.2. The van der Waals surface area contributed by atoms with Crippen molar-refractivity contribution < 1.29 is 4.79 Å². The molecule has 0 aliphatic carbocycles. The minimum absolute atomic E-state index is 0.128. The number of rotatable bonds is 5. The topological polar surface area (TPSA) is 69.8 Å². The van der Waals surface area contributed by atoms with Crippen LogP contribution in [0.2, 0.25) is 0 Å². The van der Waals surface area contributed by atoms with Crippen molar-refractivity contribution in [1.82, 2.24) is 20.8 Å². The zero-order valence-electron chi connectivity index (χ0n) is 11.0. The van der Waals surface area contributed by atoms with E-state index in [1.807, 2.05) is 6.92 Å². The van der Waals surface area contributed by atoms with Crippen LogP contribution in [0.3, 0.4) is 0 Å². The number of H-pyrrole nitrogens is 1. The predicted octanol–water partition coefficient (Wildman–Crippen LogP) is 1.26. The van der Waals surface area contributed by atoms with Crippen LogP contribution in [-0.4, -0.2) is 28.7 Å². The maximum Gasteiger partial charge on any atom is 0.220 e. The molecule has 2 rings (SSSR count). The molecule has 3 N–H and O–H groups in total. The van der Waals surface area contributed by atoms with Gasteiger partial charge < -0.3 is 10.6 Å². The van der Waals surface area contributed by atoms with E-state index in [1.54, 1.807) is 6.20 Å². The predicted molar refractivity (Wildman–Crippen MR) is 70.0 cm³/mol. The van der Waals surface area contributed by atoms with Gasteiger partial charge in [0.15, 0.2) is 0 Å². The molecule has 2 heterocycles. The van der Waals surface area contributed by atoms with Gasteiger partial charge in [-0.05, 0) is 32.7 Å². The molecule has 0 saturated carbocycles. The Labute approximate surface area is 108 Å². The van der Waals surface area contributed by atoms with Crippen LogP contribution >= 0.6 is 0 Å². The van der Waals surface area contributed by atoms with Gasteiger partial charge in [-0.2, -0.15) is 5.10 Å². The van der Waals surface area contributed by atoms with E-state index in [2.05, 4.69) is 20.8 Å². The number of piperidine rings is 1. The second-order valence-corrected chi connectivity index (χ2v) is 4.98. The fraction of sp³-hybridized carbons (Fsp3) is 0.692. The molecule has 0 bridgehead atoms. The van der Waals surface area contributed by atoms with Crippen molar-refractivity contribution in [2.24, 2.45) is 0 Å². The van der Waals surface area contributed by atoms with Gasteiger partial charge in [-0.25, -0.2) is 0 Å². The van der Waals surface area contributed by atoms with E-state index in [9.17, 15) is 4.79 Å². The zero-order chi connectivity index (χ0) is 12.8. The molecule has 1 aromatic heterocycles. The van der Waals surface area contributed by atoms with Crippen molar-refractivity contribution in [1.29, 1.82) is 0 Å². The first-order valence-corrected chi connectivity index (χ1v) is 6.74. The van der Waals surface area contributed by atoms with Crippen molar-refractivity contribution in [3.63, 3.8) is 0 Å². The summed E-state index contributed by atoms with van der Waals surface area (Å²) >= 11 is 0. The molecule has 0 radical (unpaired) electrons. The van der Waals surface area contributed by atoms with Crippen LogP contribution in [-0.2, 0) is 11.3 Å². The van der Waals surface area contributed by atoms with E-state index in [-0.39, 0.29) is 5.91 Å². The van der Waals surface area contributed by atoms with Gasteiger partial charge in [0.2, 0.25) is 5.91 Å². The molecular weight excluding hydrogens is 228 g/mol. The number of amides is 1. The number of nitrogens with zero attached hydrogens (tertiary/aromatic N) is 1. The number of aromatic amines is 1. The van der Waals surface area contributed by atoms with E-state index >= 15 is 0 Å². The van der Waals surface area contributed by atoms with Crippen LogP contribution in [0, 0.1) is 6.92 Å². The van der Waals surface area contributed by atoms with Crippen LogP contribution in [0.5, 0.6) is 0 Å². The summed E-state index contributed by atoms with van der Waals surface area (Å²) in [4.78, 5) is 11.7. The maximum atomic E-state index is 11.7. The third-order valence-corrected chi connectivity index (χ3v) is 3.54. The van der Waals surface area contributed by atoms with Gasteiger partial charge in [-0.3, -0.25) is 9.89 Å². The normalized spacial score (nSPS) is 19.7. The van der Waals surface area contributed by atoms with Gasteiger partial charge in [0.25, 0.3) is 0 Å². The lowest BCUT2D eigenvalue weighted by Gasteiger charge is -2.23. The Balaban J connectivity index is 1.64. The lowest BCUT2D eigenvalue weighted by molar-refractivity contribution is -0.121. The Hall–Kier alpha value is -1.36. The standard InChI is InChI=1S/C13H22N4O/c1-10-11(9-16-17-10)8-15-13(18)6-5-12-4-2-3-7-14-12/h9,12,14H,2-8H2,1H3,(H,15,18)(H,16,17). The highest BCUT2D eigenvalue weighted by molar-refractivity contribution is 5.75. The molecule has 1 fully saturated rings. The fourth-order valence-electron chi connectivity index (χ4n) is 2.31. The smallest absolute Gasteiger partial charge is 0.220 e. The third kappa shape index (κ3) is 3.84. The lowest BCUT2D eigenvalue weighted by atomic mass is 10.0. The summed E-state index contributed by atoms with van der Waals surface area (Å²) in [5.41, 5.74) is 2.07. The molecule has 5 nitrogen and oxygen atoms in total. The Bertz CT molecular complexity index is 382. The first-order valence-electron chi connectivity index (χ1n) is 6.74. The number of hydrogen-bond acceptors (Lipinski definition) is 3. The molecule has 1 saturated heterocycles. The highest BCUT2D eigenvalue weighted by Crippen LogP contribution is 2.11. The maximum absolute atomic E-state index is 11.7. The molecule has 1 aliphatic rings. The average Bonchev–Trinajstić information content (AvgIpc) is 2.81. The summed E-state index contributed by atoms with van der Waals surface area (Å²) in [5.74, 6) is 0.128. The number of hydrogen-bond donors (Lipinski definition) is 3. The first kappa shape index (κ1) is 13.1. The third-order valence-electron chi connectivity index (χ3n) is 3.54. The zero-order valence-corrected chi connectivity index (χ0v) is 11.0. The number of carbonyl (C=O) groups excluding carboxylic acids is 1.